The molecule has 0 bridgehead atoms. The third kappa shape index (κ3) is 2.89. The van der Waals surface area contributed by atoms with Gasteiger partial charge >= 0.3 is 0 Å². The number of carbonyl (C=O) groups excluding carboxylic acids is 2. The summed E-state index contributed by atoms with van der Waals surface area (Å²) in [7, 11) is 0. The SMILES string of the molecule is NC(=O)c1ccc(NC(=O)c2cccc(Cl)c2N)cc1. The number of nitrogens with one attached hydrogen (secondary N) is 1. The Bertz CT molecular complexity index is 669. The number of nitrogen functional groups attached to an aromatic ring is 1. The van der Waals surface area contributed by atoms with Gasteiger partial charge in [-0.2, -0.15) is 0 Å². The van der Waals surface area contributed by atoms with E-state index in [9.17, 15) is 9.59 Å². The zero-order valence-electron chi connectivity index (χ0n) is 10.4. The van der Waals surface area contributed by atoms with Crippen LogP contribution in [0.4, 0.5) is 11.4 Å². The highest BCUT2D eigenvalue weighted by Crippen LogP contribution is 2.23. The highest BCUT2D eigenvalue weighted by atomic mass is 35.5. The van der Waals surface area contributed by atoms with Crippen LogP contribution in [0.2, 0.25) is 5.02 Å². The van der Waals surface area contributed by atoms with Crippen molar-refractivity contribution in [2.75, 3.05) is 11.1 Å². The first kappa shape index (κ1) is 13.9. The average molecular weight is 290 g/mol. The lowest BCUT2D eigenvalue weighted by atomic mass is 10.1. The topological polar surface area (TPSA) is 98.2 Å². The Balaban J connectivity index is 2.19. The normalized spacial score (nSPS) is 10.1. The van der Waals surface area contributed by atoms with E-state index in [1.165, 1.54) is 12.1 Å². The van der Waals surface area contributed by atoms with E-state index in [1.807, 2.05) is 0 Å². The molecule has 2 rings (SSSR count). The molecule has 0 spiro atoms. The van der Waals surface area contributed by atoms with Gasteiger partial charge in [0.25, 0.3) is 5.91 Å². The minimum atomic E-state index is -0.526. The molecule has 2 aromatic rings. The molecule has 2 amide bonds. The minimum absolute atomic E-state index is 0.223. The molecule has 102 valence electrons. The fraction of sp³-hybridized carbons (Fsp3) is 0. The molecular weight excluding hydrogens is 278 g/mol. The maximum absolute atomic E-state index is 12.1. The first-order valence-electron chi connectivity index (χ1n) is 5.74. The van der Waals surface area contributed by atoms with Crippen molar-refractivity contribution in [2.24, 2.45) is 5.73 Å². The molecule has 0 atom stereocenters. The lowest BCUT2D eigenvalue weighted by Gasteiger charge is -2.08. The lowest BCUT2D eigenvalue weighted by Crippen LogP contribution is -2.15. The molecule has 0 saturated carbocycles. The number of primary amides is 1. The average Bonchev–Trinajstić information content (AvgIpc) is 2.42. The third-order valence-electron chi connectivity index (χ3n) is 2.72. The maximum atomic E-state index is 12.1. The van der Waals surface area contributed by atoms with Gasteiger partial charge in [-0.15, -0.1) is 0 Å². The predicted octanol–water partition coefficient (Wildman–Crippen LogP) is 2.27. The van der Waals surface area contributed by atoms with Crippen LogP contribution in [0.15, 0.2) is 42.5 Å². The number of rotatable bonds is 3. The molecule has 0 fully saturated rings. The van der Waals surface area contributed by atoms with Gasteiger partial charge in [0.15, 0.2) is 0 Å². The number of hydrogen-bond acceptors (Lipinski definition) is 3. The van der Waals surface area contributed by atoms with Crippen LogP contribution >= 0.6 is 11.6 Å². The largest absolute Gasteiger partial charge is 0.397 e. The van der Waals surface area contributed by atoms with Crippen molar-refractivity contribution < 1.29 is 9.59 Å². The van der Waals surface area contributed by atoms with Gasteiger partial charge in [-0.3, -0.25) is 9.59 Å². The summed E-state index contributed by atoms with van der Waals surface area (Å²) in [6, 6.07) is 11.0. The molecule has 6 heteroatoms. The molecule has 5 nitrogen and oxygen atoms in total. The summed E-state index contributed by atoms with van der Waals surface area (Å²) >= 11 is 5.86. The van der Waals surface area contributed by atoms with Crippen molar-refractivity contribution in [2.45, 2.75) is 0 Å². The number of para-hydroxylation sites is 1. The molecule has 20 heavy (non-hydrogen) atoms. The zero-order chi connectivity index (χ0) is 14.7. The van der Waals surface area contributed by atoms with Crippen molar-refractivity contribution in [3.05, 3.63) is 58.6 Å². The summed E-state index contributed by atoms with van der Waals surface area (Å²) in [6.07, 6.45) is 0. The number of nitrogens with two attached hydrogens (primary N) is 2. The van der Waals surface area contributed by atoms with Gasteiger partial charge in [0.05, 0.1) is 16.3 Å². The van der Waals surface area contributed by atoms with Gasteiger partial charge < -0.3 is 16.8 Å². The number of carbonyl (C=O) groups is 2. The molecule has 0 radical (unpaired) electrons. The fourth-order valence-corrected chi connectivity index (χ4v) is 1.83. The molecule has 0 aliphatic rings. The van der Waals surface area contributed by atoms with Gasteiger partial charge in [-0.05, 0) is 36.4 Å². The Labute approximate surface area is 120 Å². The van der Waals surface area contributed by atoms with Crippen LogP contribution in [0.25, 0.3) is 0 Å². The Morgan fingerprint density at radius 1 is 1.05 bits per heavy atom. The number of halogens is 1. The summed E-state index contributed by atoms with van der Waals surface area (Å²) in [5.41, 5.74) is 12.3. The number of hydrogen-bond donors (Lipinski definition) is 3. The summed E-state index contributed by atoms with van der Waals surface area (Å²) in [4.78, 5) is 23.0. The highest BCUT2D eigenvalue weighted by molar-refractivity contribution is 6.34. The highest BCUT2D eigenvalue weighted by Gasteiger charge is 2.12. The van der Waals surface area contributed by atoms with Gasteiger partial charge in [0.2, 0.25) is 5.91 Å². The summed E-state index contributed by atoms with van der Waals surface area (Å²) in [5.74, 6) is -0.904. The number of benzene rings is 2. The molecule has 5 N–H and O–H groups in total. The molecule has 0 unspecified atom stereocenters. The van der Waals surface area contributed by atoms with Gasteiger partial charge in [0.1, 0.15) is 0 Å². The molecule has 2 aromatic carbocycles. The molecule has 0 heterocycles. The van der Waals surface area contributed by atoms with Crippen LogP contribution in [0, 0.1) is 0 Å². The van der Waals surface area contributed by atoms with E-state index in [4.69, 9.17) is 23.1 Å². The summed E-state index contributed by atoms with van der Waals surface area (Å²) < 4.78 is 0. The maximum Gasteiger partial charge on any atom is 0.257 e. The summed E-state index contributed by atoms with van der Waals surface area (Å²) in [6.45, 7) is 0. The van der Waals surface area contributed by atoms with Crippen molar-refractivity contribution in [3.8, 4) is 0 Å². The molecule has 0 aromatic heterocycles. The Hall–Kier alpha value is -2.53. The Kier molecular flexibility index (Phi) is 3.91. The third-order valence-corrected chi connectivity index (χ3v) is 3.05. The standard InChI is InChI=1S/C14H12ClN3O2/c15-11-3-1-2-10(12(11)16)14(20)18-9-6-4-8(5-7-9)13(17)19/h1-7H,16H2,(H2,17,19)(H,18,20). The lowest BCUT2D eigenvalue weighted by molar-refractivity contribution is 0.0998. The monoisotopic (exact) mass is 289 g/mol. The zero-order valence-corrected chi connectivity index (χ0v) is 11.1. The van der Waals surface area contributed by atoms with Crippen molar-refractivity contribution in [1.82, 2.24) is 0 Å². The van der Waals surface area contributed by atoms with E-state index in [0.29, 0.717) is 16.3 Å². The van der Waals surface area contributed by atoms with E-state index in [0.717, 1.165) is 0 Å². The number of amides is 2. The van der Waals surface area contributed by atoms with Crippen molar-refractivity contribution >= 4 is 34.8 Å². The van der Waals surface area contributed by atoms with Crippen LogP contribution < -0.4 is 16.8 Å². The van der Waals surface area contributed by atoms with E-state index < -0.39 is 5.91 Å². The van der Waals surface area contributed by atoms with E-state index in [2.05, 4.69) is 5.32 Å². The fourth-order valence-electron chi connectivity index (χ4n) is 1.65. The molecular formula is C14H12ClN3O2. The molecule has 0 saturated heterocycles. The van der Waals surface area contributed by atoms with Crippen molar-refractivity contribution in [1.29, 1.82) is 0 Å². The van der Waals surface area contributed by atoms with E-state index in [1.54, 1.807) is 30.3 Å². The first-order valence-corrected chi connectivity index (χ1v) is 6.12. The van der Waals surface area contributed by atoms with E-state index in [-0.39, 0.29) is 17.2 Å². The second-order valence-corrected chi connectivity index (χ2v) is 4.50. The summed E-state index contributed by atoms with van der Waals surface area (Å²) in [5, 5.41) is 2.98. The Morgan fingerprint density at radius 2 is 1.70 bits per heavy atom. The van der Waals surface area contributed by atoms with Crippen molar-refractivity contribution in [3.63, 3.8) is 0 Å². The smallest absolute Gasteiger partial charge is 0.257 e. The second-order valence-electron chi connectivity index (χ2n) is 4.10. The first-order chi connectivity index (χ1) is 9.49. The van der Waals surface area contributed by atoms with Gasteiger partial charge in [0, 0.05) is 11.3 Å². The van der Waals surface area contributed by atoms with Crippen LogP contribution in [-0.2, 0) is 0 Å². The van der Waals surface area contributed by atoms with Gasteiger partial charge in [-0.1, -0.05) is 17.7 Å². The number of anilines is 2. The van der Waals surface area contributed by atoms with E-state index >= 15 is 0 Å². The van der Waals surface area contributed by atoms with Crippen LogP contribution in [0.1, 0.15) is 20.7 Å². The second kappa shape index (κ2) is 5.63. The Morgan fingerprint density at radius 3 is 2.30 bits per heavy atom. The molecule has 0 aliphatic heterocycles. The van der Waals surface area contributed by atoms with Crippen LogP contribution in [0.3, 0.4) is 0 Å². The quantitative estimate of drug-likeness (QED) is 0.756. The van der Waals surface area contributed by atoms with Gasteiger partial charge in [-0.25, -0.2) is 0 Å². The van der Waals surface area contributed by atoms with Crippen LogP contribution in [0.5, 0.6) is 0 Å². The van der Waals surface area contributed by atoms with Crippen LogP contribution in [-0.4, -0.2) is 11.8 Å². The minimum Gasteiger partial charge on any atom is -0.397 e. The molecule has 0 aliphatic carbocycles. The predicted molar refractivity (Wildman–Crippen MR) is 78.8 cm³/mol.